The smallest absolute Gasteiger partial charge is 0.164 e. The summed E-state index contributed by atoms with van der Waals surface area (Å²) in [5.41, 5.74) is 8.94. The van der Waals surface area contributed by atoms with E-state index in [0.29, 0.717) is 17.5 Å². The molecule has 0 saturated heterocycles. The zero-order chi connectivity index (χ0) is 36.3. The van der Waals surface area contributed by atoms with E-state index in [1.54, 1.807) is 0 Å². The molecular formula is C51H31N3O. The molecule has 55 heavy (non-hydrogen) atoms. The number of nitrogens with zero attached hydrogens (tertiary/aromatic N) is 3. The molecule has 9 aromatic carbocycles. The Morgan fingerprint density at radius 2 is 0.909 bits per heavy atom. The highest BCUT2D eigenvalue weighted by Gasteiger charge is 2.20. The molecule has 0 radical (unpaired) electrons. The Kier molecular flexibility index (Phi) is 7.14. The molecule has 0 aliphatic carbocycles. The van der Waals surface area contributed by atoms with Crippen LogP contribution >= 0.6 is 0 Å². The van der Waals surface area contributed by atoms with Crippen molar-refractivity contribution < 1.29 is 4.42 Å². The second-order valence-corrected chi connectivity index (χ2v) is 14.0. The van der Waals surface area contributed by atoms with E-state index < -0.39 is 0 Å². The van der Waals surface area contributed by atoms with Crippen molar-refractivity contribution >= 4 is 54.3 Å². The van der Waals surface area contributed by atoms with Gasteiger partial charge in [0.2, 0.25) is 0 Å². The minimum atomic E-state index is 0.595. The Labute approximate surface area is 317 Å². The number of aromatic nitrogens is 3. The molecule has 0 amide bonds. The third kappa shape index (κ3) is 5.34. The van der Waals surface area contributed by atoms with Crippen LogP contribution in [0.1, 0.15) is 0 Å². The number of rotatable bonds is 5. The van der Waals surface area contributed by atoms with Crippen LogP contribution in [-0.4, -0.2) is 15.0 Å². The largest absolute Gasteiger partial charge is 0.455 e. The lowest BCUT2D eigenvalue weighted by Gasteiger charge is -2.11. The molecule has 0 atom stereocenters. The molecule has 4 heteroatoms. The van der Waals surface area contributed by atoms with Gasteiger partial charge in [0.25, 0.3) is 0 Å². The van der Waals surface area contributed by atoms with Crippen LogP contribution in [0.5, 0.6) is 0 Å². The van der Waals surface area contributed by atoms with E-state index in [2.05, 4.69) is 170 Å². The van der Waals surface area contributed by atoms with Gasteiger partial charge in [-0.3, -0.25) is 0 Å². The molecule has 256 valence electrons. The summed E-state index contributed by atoms with van der Waals surface area (Å²) in [4.78, 5) is 15.6. The molecule has 0 N–H and O–H groups in total. The fourth-order valence-electron chi connectivity index (χ4n) is 7.97. The first kappa shape index (κ1) is 31.1. The summed E-state index contributed by atoms with van der Waals surface area (Å²) in [6.45, 7) is 0. The van der Waals surface area contributed by atoms with E-state index in [1.807, 2.05) is 18.2 Å². The van der Waals surface area contributed by atoms with Crippen molar-refractivity contribution in [3.05, 3.63) is 188 Å². The van der Waals surface area contributed by atoms with Gasteiger partial charge >= 0.3 is 0 Å². The number of benzene rings is 9. The van der Waals surface area contributed by atoms with Crippen LogP contribution in [0.2, 0.25) is 0 Å². The van der Waals surface area contributed by atoms with E-state index in [4.69, 9.17) is 19.4 Å². The Morgan fingerprint density at radius 3 is 1.73 bits per heavy atom. The third-order valence-electron chi connectivity index (χ3n) is 10.7. The second kappa shape index (κ2) is 12.6. The Bertz CT molecular complexity index is 3260. The van der Waals surface area contributed by atoms with Gasteiger partial charge in [-0.1, -0.05) is 164 Å². The molecule has 0 unspecified atom stereocenters. The topological polar surface area (TPSA) is 51.8 Å². The Morgan fingerprint density at radius 1 is 0.309 bits per heavy atom. The first-order chi connectivity index (χ1) is 27.2. The molecule has 11 rings (SSSR count). The first-order valence-electron chi connectivity index (χ1n) is 18.5. The summed E-state index contributed by atoms with van der Waals surface area (Å²) in [5.74, 6) is 1.83. The molecule has 4 nitrogen and oxygen atoms in total. The van der Waals surface area contributed by atoms with Crippen LogP contribution in [0.3, 0.4) is 0 Å². The maximum atomic E-state index is 6.63. The molecule has 0 spiro atoms. The second-order valence-electron chi connectivity index (χ2n) is 14.0. The fourth-order valence-corrected chi connectivity index (χ4v) is 7.97. The quantitative estimate of drug-likeness (QED) is 0.168. The number of furan rings is 1. The summed E-state index contributed by atoms with van der Waals surface area (Å²) in [5, 5.41) is 9.04. The van der Waals surface area contributed by atoms with Crippen LogP contribution < -0.4 is 0 Å². The van der Waals surface area contributed by atoms with Crippen molar-refractivity contribution in [2.45, 2.75) is 0 Å². The van der Waals surface area contributed by atoms with Gasteiger partial charge in [0, 0.05) is 33.0 Å². The maximum absolute atomic E-state index is 6.63. The summed E-state index contributed by atoms with van der Waals surface area (Å²) in [6, 6.07) is 65.8. The lowest BCUT2D eigenvalue weighted by molar-refractivity contribution is 0.670. The van der Waals surface area contributed by atoms with Gasteiger partial charge in [-0.05, 0) is 73.3 Å². The Balaban J connectivity index is 1.11. The van der Waals surface area contributed by atoms with Gasteiger partial charge in [0.05, 0.1) is 0 Å². The summed E-state index contributed by atoms with van der Waals surface area (Å²) >= 11 is 0. The van der Waals surface area contributed by atoms with Gasteiger partial charge < -0.3 is 4.42 Å². The predicted molar refractivity (Wildman–Crippen MR) is 227 cm³/mol. The van der Waals surface area contributed by atoms with E-state index in [-0.39, 0.29) is 0 Å². The highest BCUT2D eigenvalue weighted by molar-refractivity contribution is 6.15. The molecule has 0 fully saturated rings. The maximum Gasteiger partial charge on any atom is 0.164 e. The lowest BCUT2D eigenvalue weighted by Crippen LogP contribution is -2.00. The van der Waals surface area contributed by atoms with Crippen molar-refractivity contribution in [3.8, 4) is 56.4 Å². The van der Waals surface area contributed by atoms with Gasteiger partial charge in [-0.15, -0.1) is 0 Å². The molecule has 0 aliphatic heterocycles. The third-order valence-corrected chi connectivity index (χ3v) is 10.7. The molecule has 2 aromatic heterocycles. The molecule has 2 heterocycles. The normalized spacial score (nSPS) is 11.6. The van der Waals surface area contributed by atoms with E-state index in [9.17, 15) is 0 Å². The van der Waals surface area contributed by atoms with Crippen molar-refractivity contribution in [1.29, 1.82) is 0 Å². The zero-order valence-electron chi connectivity index (χ0n) is 29.6. The van der Waals surface area contributed by atoms with Crippen molar-refractivity contribution in [2.24, 2.45) is 0 Å². The van der Waals surface area contributed by atoms with E-state index >= 15 is 0 Å². The number of hydrogen-bond donors (Lipinski definition) is 0. The standard InChI is InChI=1S/C51H31N3O/c1-3-11-32(12-4-1)37-24-22-35-23-25-38-30-40(27-28-41(38)45(35)31-37)50-52-49(39-26-21-33-13-7-8-16-36(33)29-39)53-51(54-50)44-19-10-20-46-47(44)43-18-9-17-42(48(43)55-46)34-14-5-2-6-15-34/h1-31H. The number of para-hydroxylation sites is 1. The zero-order valence-corrected chi connectivity index (χ0v) is 29.6. The molecular weight excluding hydrogens is 671 g/mol. The SMILES string of the molecule is c1ccc(-c2ccc3ccc4cc(-c5nc(-c6ccc7ccccc7c6)nc(-c6cccc7oc8c(-c9ccccc9)cccc8c67)n5)ccc4c3c2)cc1. The predicted octanol–water partition coefficient (Wildman–Crippen LogP) is 13.6. The average Bonchev–Trinajstić information content (AvgIpc) is 3.65. The van der Waals surface area contributed by atoms with Gasteiger partial charge in [0.15, 0.2) is 17.5 Å². The van der Waals surface area contributed by atoms with Crippen LogP contribution in [0.25, 0.3) is 111 Å². The first-order valence-corrected chi connectivity index (χ1v) is 18.5. The lowest BCUT2D eigenvalue weighted by atomic mass is 9.96. The van der Waals surface area contributed by atoms with Gasteiger partial charge in [-0.25, -0.2) is 15.0 Å². The fraction of sp³-hybridized carbons (Fsp3) is 0. The van der Waals surface area contributed by atoms with Crippen LogP contribution in [0.4, 0.5) is 0 Å². The molecule has 0 bridgehead atoms. The van der Waals surface area contributed by atoms with E-state index in [1.165, 1.54) is 32.7 Å². The molecule has 11 aromatic rings. The highest BCUT2D eigenvalue weighted by atomic mass is 16.3. The van der Waals surface area contributed by atoms with Crippen molar-refractivity contribution in [3.63, 3.8) is 0 Å². The number of hydrogen-bond acceptors (Lipinski definition) is 4. The number of fused-ring (bicyclic) bond motifs is 7. The molecule has 0 aliphatic rings. The summed E-state index contributed by atoms with van der Waals surface area (Å²) in [6.07, 6.45) is 0. The van der Waals surface area contributed by atoms with Crippen molar-refractivity contribution in [1.82, 2.24) is 15.0 Å². The minimum absolute atomic E-state index is 0.595. The van der Waals surface area contributed by atoms with Crippen molar-refractivity contribution in [2.75, 3.05) is 0 Å². The highest BCUT2D eigenvalue weighted by Crippen LogP contribution is 2.41. The van der Waals surface area contributed by atoms with Gasteiger partial charge in [-0.2, -0.15) is 0 Å². The monoisotopic (exact) mass is 701 g/mol. The average molecular weight is 702 g/mol. The van der Waals surface area contributed by atoms with Crippen LogP contribution in [0.15, 0.2) is 192 Å². The summed E-state index contributed by atoms with van der Waals surface area (Å²) in [7, 11) is 0. The summed E-state index contributed by atoms with van der Waals surface area (Å²) < 4.78 is 6.63. The van der Waals surface area contributed by atoms with Crippen LogP contribution in [-0.2, 0) is 0 Å². The van der Waals surface area contributed by atoms with E-state index in [0.717, 1.165) is 60.5 Å². The van der Waals surface area contributed by atoms with Crippen LogP contribution in [0, 0.1) is 0 Å². The van der Waals surface area contributed by atoms with Gasteiger partial charge in [0.1, 0.15) is 11.2 Å². The molecule has 0 saturated carbocycles. The Hall–Kier alpha value is -7.43. The minimum Gasteiger partial charge on any atom is -0.455 e.